The van der Waals surface area contributed by atoms with E-state index < -0.39 is 0 Å². The summed E-state index contributed by atoms with van der Waals surface area (Å²) in [5.41, 5.74) is 1.16. The number of hydrogen-bond acceptors (Lipinski definition) is 4. The van der Waals surface area contributed by atoms with Crippen molar-refractivity contribution in [3.05, 3.63) is 29.8 Å². The number of anilines is 1. The van der Waals surface area contributed by atoms with Gasteiger partial charge in [0.25, 0.3) is 5.91 Å². The van der Waals surface area contributed by atoms with E-state index in [2.05, 4.69) is 22.6 Å². The lowest BCUT2D eigenvalue weighted by Gasteiger charge is -2.22. The van der Waals surface area contributed by atoms with Crippen molar-refractivity contribution in [2.24, 2.45) is 0 Å². The molecule has 0 spiro atoms. The van der Waals surface area contributed by atoms with Gasteiger partial charge in [0.2, 0.25) is 5.91 Å². The van der Waals surface area contributed by atoms with Crippen molar-refractivity contribution in [2.75, 3.05) is 52.1 Å². The van der Waals surface area contributed by atoms with Crippen LogP contribution in [0.15, 0.2) is 24.3 Å². The van der Waals surface area contributed by atoms with Crippen molar-refractivity contribution in [1.29, 1.82) is 0 Å². The fraction of sp³-hybridized carbons (Fsp3) is 0.529. The third kappa shape index (κ3) is 7.20. The Morgan fingerprint density at radius 3 is 2.52 bits per heavy atom. The Kier molecular flexibility index (Phi) is 11.4. The largest absolute Gasteiger partial charge is 0.337 e. The van der Waals surface area contributed by atoms with E-state index in [4.69, 9.17) is 0 Å². The van der Waals surface area contributed by atoms with E-state index >= 15 is 0 Å². The van der Waals surface area contributed by atoms with Gasteiger partial charge in [0.05, 0.1) is 11.3 Å². The average molecular weight is 391 g/mol. The zero-order valence-corrected chi connectivity index (χ0v) is 16.4. The van der Waals surface area contributed by atoms with Gasteiger partial charge in [-0.25, -0.2) is 0 Å². The summed E-state index contributed by atoms with van der Waals surface area (Å²) >= 11 is 0. The predicted octanol–water partition coefficient (Wildman–Crippen LogP) is 1.86. The highest BCUT2D eigenvalue weighted by Gasteiger charge is 2.21. The summed E-state index contributed by atoms with van der Waals surface area (Å²) in [6, 6.07) is 7.24. The smallest absolute Gasteiger partial charge is 0.256 e. The maximum atomic E-state index is 12.8. The molecule has 2 amide bonds. The van der Waals surface area contributed by atoms with Gasteiger partial charge in [0, 0.05) is 32.6 Å². The Bertz CT molecular complexity index is 557. The van der Waals surface area contributed by atoms with Crippen LogP contribution in [0.25, 0.3) is 0 Å². The highest BCUT2D eigenvalue weighted by molar-refractivity contribution is 6.03. The third-order valence-electron chi connectivity index (χ3n) is 4.04. The first-order chi connectivity index (χ1) is 11.1. The predicted molar refractivity (Wildman–Crippen MR) is 106 cm³/mol. The van der Waals surface area contributed by atoms with Crippen LogP contribution in [0, 0.1) is 0 Å². The van der Waals surface area contributed by atoms with Gasteiger partial charge in [-0.15, -0.1) is 24.8 Å². The summed E-state index contributed by atoms with van der Waals surface area (Å²) < 4.78 is 0. The van der Waals surface area contributed by atoms with Crippen molar-refractivity contribution in [3.8, 4) is 0 Å². The number of carbonyl (C=O) groups is 2. The van der Waals surface area contributed by atoms with Gasteiger partial charge >= 0.3 is 0 Å². The maximum Gasteiger partial charge on any atom is 0.256 e. The molecular weight excluding hydrogens is 363 g/mol. The van der Waals surface area contributed by atoms with Gasteiger partial charge in [-0.3, -0.25) is 9.59 Å². The fourth-order valence-electron chi connectivity index (χ4n) is 2.65. The van der Waals surface area contributed by atoms with E-state index in [0.717, 1.165) is 32.6 Å². The standard InChI is InChI=1S/C17H26N4O2.2ClH/c1-18-9-8-16(22)19-15-7-4-3-6-14(15)17(23)21-11-5-10-20(2)12-13-21;;/h3-4,6-7,18H,5,8-13H2,1-2H3,(H,19,22);2*1H. The molecule has 0 unspecified atom stereocenters. The van der Waals surface area contributed by atoms with Crippen molar-refractivity contribution in [2.45, 2.75) is 12.8 Å². The molecule has 1 aromatic rings. The summed E-state index contributed by atoms with van der Waals surface area (Å²) in [4.78, 5) is 28.9. The minimum Gasteiger partial charge on any atom is -0.337 e. The molecule has 0 aromatic heterocycles. The quantitative estimate of drug-likeness (QED) is 0.804. The normalized spacial score (nSPS) is 14.7. The highest BCUT2D eigenvalue weighted by atomic mass is 35.5. The van der Waals surface area contributed by atoms with Crippen LogP contribution >= 0.6 is 24.8 Å². The molecule has 0 aliphatic carbocycles. The molecule has 1 aliphatic heterocycles. The SMILES string of the molecule is CNCCC(=O)Nc1ccccc1C(=O)N1CCCN(C)CC1.Cl.Cl. The first-order valence-corrected chi connectivity index (χ1v) is 8.13. The monoisotopic (exact) mass is 390 g/mol. The number of benzene rings is 1. The molecule has 1 heterocycles. The lowest BCUT2D eigenvalue weighted by molar-refractivity contribution is -0.116. The average Bonchev–Trinajstić information content (AvgIpc) is 2.77. The summed E-state index contributed by atoms with van der Waals surface area (Å²) in [5, 5.41) is 5.80. The van der Waals surface area contributed by atoms with Gasteiger partial charge in [-0.2, -0.15) is 0 Å². The van der Waals surface area contributed by atoms with Crippen LogP contribution in [-0.2, 0) is 4.79 Å². The van der Waals surface area contributed by atoms with Crippen LogP contribution in [0.2, 0.25) is 0 Å². The van der Waals surface area contributed by atoms with Crippen LogP contribution in [0.1, 0.15) is 23.2 Å². The van der Waals surface area contributed by atoms with Gasteiger partial charge in [-0.05, 0) is 39.2 Å². The zero-order chi connectivity index (χ0) is 16.7. The van der Waals surface area contributed by atoms with Crippen LogP contribution < -0.4 is 10.6 Å². The van der Waals surface area contributed by atoms with E-state index in [1.807, 2.05) is 17.0 Å². The summed E-state index contributed by atoms with van der Waals surface area (Å²) in [5.74, 6) is -0.0972. The molecule has 0 radical (unpaired) electrons. The lowest BCUT2D eigenvalue weighted by Crippen LogP contribution is -2.35. The molecule has 2 rings (SSSR count). The summed E-state index contributed by atoms with van der Waals surface area (Å²) in [7, 11) is 3.88. The molecule has 6 nitrogen and oxygen atoms in total. The second kappa shape index (κ2) is 12.1. The highest BCUT2D eigenvalue weighted by Crippen LogP contribution is 2.18. The Labute approximate surface area is 162 Å². The first-order valence-electron chi connectivity index (χ1n) is 8.13. The van der Waals surface area contributed by atoms with Gasteiger partial charge in [0.15, 0.2) is 0 Å². The molecule has 1 fully saturated rings. The van der Waals surface area contributed by atoms with Gasteiger partial charge in [-0.1, -0.05) is 12.1 Å². The van der Waals surface area contributed by atoms with Crippen molar-refractivity contribution < 1.29 is 9.59 Å². The molecule has 0 saturated carbocycles. The number of likely N-dealkylation sites (N-methyl/N-ethyl adjacent to an activating group) is 1. The van der Waals surface area contributed by atoms with E-state index in [1.54, 1.807) is 19.2 Å². The molecule has 0 atom stereocenters. The van der Waals surface area contributed by atoms with Crippen LogP contribution in [-0.4, -0.2) is 68.4 Å². The summed E-state index contributed by atoms with van der Waals surface area (Å²) in [6.45, 7) is 3.97. The van der Waals surface area contributed by atoms with Crippen LogP contribution in [0.5, 0.6) is 0 Å². The molecule has 25 heavy (non-hydrogen) atoms. The number of nitrogens with one attached hydrogen (secondary N) is 2. The Morgan fingerprint density at radius 2 is 1.80 bits per heavy atom. The summed E-state index contributed by atoms with van der Waals surface area (Å²) in [6.07, 6.45) is 1.35. The van der Waals surface area contributed by atoms with Crippen molar-refractivity contribution >= 4 is 42.3 Å². The molecule has 1 saturated heterocycles. The Hall–Kier alpha value is -1.34. The van der Waals surface area contributed by atoms with Crippen LogP contribution in [0.3, 0.4) is 0 Å². The molecule has 2 N–H and O–H groups in total. The van der Waals surface area contributed by atoms with Gasteiger partial charge in [0.1, 0.15) is 0 Å². The third-order valence-corrected chi connectivity index (χ3v) is 4.04. The van der Waals surface area contributed by atoms with Crippen LogP contribution in [0.4, 0.5) is 5.69 Å². The lowest BCUT2D eigenvalue weighted by atomic mass is 10.1. The molecular formula is C17H28Cl2N4O2. The van der Waals surface area contributed by atoms with E-state index in [9.17, 15) is 9.59 Å². The zero-order valence-electron chi connectivity index (χ0n) is 14.8. The van der Waals surface area contributed by atoms with E-state index in [1.165, 1.54) is 0 Å². The first kappa shape index (κ1) is 23.7. The molecule has 142 valence electrons. The molecule has 1 aliphatic rings. The van der Waals surface area contributed by atoms with Crippen molar-refractivity contribution in [1.82, 2.24) is 15.1 Å². The molecule has 1 aromatic carbocycles. The molecule has 8 heteroatoms. The molecule has 0 bridgehead atoms. The fourth-order valence-corrected chi connectivity index (χ4v) is 2.65. The van der Waals surface area contributed by atoms with Gasteiger partial charge < -0.3 is 20.4 Å². The number of rotatable bonds is 5. The Morgan fingerprint density at radius 1 is 1.08 bits per heavy atom. The minimum atomic E-state index is -0.0878. The number of amides is 2. The second-order valence-corrected chi connectivity index (χ2v) is 5.90. The Balaban J connectivity index is 0.00000288. The van der Waals surface area contributed by atoms with Crippen molar-refractivity contribution in [3.63, 3.8) is 0 Å². The number of hydrogen-bond donors (Lipinski definition) is 2. The second-order valence-electron chi connectivity index (χ2n) is 5.90. The number of nitrogens with zero attached hydrogens (tertiary/aromatic N) is 2. The topological polar surface area (TPSA) is 64.7 Å². The maximum absolute atomic E-state index is 12.8. The number of halogens is 2. The number of carbonyl (C=O) groups excluding carboxylic acids is 2. The minimum absolute atomic E-state index is 0. The van der Waals surface area contributed by atoms with E-state index in [0.29, 0.717) is 24.2 Å². The van der Waals surface area contributed by atoms with E-state index in [-0.39, 0.29) is 36.6 Å². The number of para-hydroxylation sites is 1.